The van der Waals surface area contributed by atoms with Gasteiger partial charge in [-0.05, 0) is 31.9 Å². The molecule has 2 aromatic rings. The lowest BCUT2D eigenvalue weighted by Gasteiger charge is -2.11. The standard InChI is InChI=1S/C20H30N6O3/c1-2-21-20(23-10-5-12-27-14-16-8-13-28-15-16)24-11-7-18-25-19(29-26-18)17-6-3-4-9-22-17/h3-4,6,9,16H,2,5,7-8,10-15H2,1H3,(H2,21,23,24). The van der Waals surface area contributed by atoms with Crippen LogP contribution in [0.3, 0.4) is 0 Å². The third-order valence-electron chi connectivity index (χ3n) is 4.43. The van der Waals surface area contributed by atoms with E-state index in [-0.39, 0.29) is 0 Å². The van der Waals surface area contributed by atoms with Crippen molar-refractivity contribution in [1.82, 2.24) is 25.8 Å². The third kappa shape index (κ3) is 7.43. The van der Waals surface area contributed by atoms with Gasteiger partial charge in [-0.1, -0.05) is 11.2 Å². The number of aliphatic imine (C=N–C) groups is 1. The molecule has 2 N–H and O–H groups in total. The zero-order chi connectivity index (χ0) is 20.2. The van der Waals surface area contributed by atoms with Crippen LogP contribution in [0.1, 0.15) is 25.6 Å². The van der Waals surface area contributed by atoms with Gasteiger partial charge in [0.25, 0.3) is 5.89 Å². The largest absolute Gasteiger partial charge is 0.381 e. The van der Waals surface area contributed by atoms with Gasteiger partial charge in [-0.15, -0.1) is 0 Å². The Morgan fingerprint density at radius 3 is 3.10 bits per heavy atom. The fraction of sp³-hybridized carbons (Fsp3) is 0.600. The van der Waals surface area contributed by atoms with E-state index in [4.69, 9.17) is 14.0 Å². The highest BCUT2D eigenvalue weighted by Gasteiger charge is 2.15. The number of nitrogens with zero attached hydrogens (tertiary/aromatic N) is 4. The average Bonchev–Trinajstić information content (AvgIpc) is 3.43. The molecule has 9 nitrogen and oxygen atoms in total. The maximum atomic E-state index is 5.71. The van der Waals surface area contributed by atoms with Crippen LogP contribution in [0.15, 0.2) is 33.9 Å². The second-order valence-electron chi connectivity index (χ2n) is 6.83. The molecular weight excluding hydrogens is 372 g/mol. The third-order valence-corrected chi connectivity index (χ3v) is 4.43. The molecule has 1 aliphatic rings. The Balaban J connectivity index is 1.34. The fourth-order valence-electron chi connectivity index (χ4n) is 2.91. The maximum absolute atomic E-state index is 5.71. The first-order chi connectivity index (χ1) is 14.3. The molecule has 1 fully saturated rings. The first kappa shape index (κ1) is 21.2. The molecule has 9 heteroatoms. The molecule has 0 aliphatic carbocycles. The van der Waals surface area contributed by atoms with E-state index in [1.165, 1.54) is 0 Å². The average molecular weight is 402 g/mol. The molecule has 0 bridgehead atoms. The molecule has 1 unspecified atom stereocenters. The van der Waals surface area contributed by atoms with Gasteiger partial charge < -0.3 is 24.6 Å². The normalized spacial score (nSPS) is 16.9. The Kier molecular flexibility index (Phi) is 8.87. The first-order valence-corrected chi connectivity index (χ1v) is 10.3. The van der Waals surface area contributed by atoms with E-state index in [1.54, 1.807) is 6.20 Å². The molecule has 3 heterocycles. The van der Waals surface area contributed by atoms with Crippen LogP contribution >= 0.6 is 0 Å². The quantitative estimate of drug-likeness (QED) is 0.332. The molecule has 0 amide bonds. The van der Waals surface area contributed by atoms with Crippen molar-refractivity contribution in [2.45, 2.75) is 26.2 Å². The van der Waals surface area contributed by atoms with E-state index >= 15 is 0 Å². The minimum absolute atomic E-state index is 0.436. The number of rotatable bonds is 11. The Hall–Kier alpha value is -2.52. The summed E-state index contributed by atoms with van der Waals surface area (Å²) >= 11 is 0. The van der Waals surface area contributed by atoms with Crippen LogP contribution in [-0.4, -0.2) is 67.1 Å². The highest BCUT2D eigenvalue weighted by Crippen LogP contribution is 2.13. The maximum Gasteiger partial charge on any atom is 0.276 e. The van der Waals surface area contributed by atoms with E-state index < -0.39 is 0 Å². The summed E-state index contributed by atoms with van der Waals surface area (Å²) in [5.41, 5.74) is 0.678. The number of aromatic nitrogens is 3. The number of hydrogen-bond acceptors (Lipinski definition) is 7. The highest BCUT2D eigenvalue weighted by molar-refractivity contribution is 5.79. The molecule has 0 aromatic carbocycles. The summed E-state index contributed by atoms with van der Waals surface area (Å²) in [6, 6.07) is 5.58. The lowest BCUT2D eigenvalue weighted by Crippen LogP contribution is -2.38. The Morgan fingerprint density at radius 2 is 2.31 bits per heavy atom. The van der Waals surface area contributed by atoms with Crippen molar-refractivity contribution >= 4 is 5.96 Å². The number of hydrogen-bond donors (Lipinski definition) is 2. The van der Waals surface area contributed by atoms with E-state index in [0.29, 0.717) is 42.8 Å². The van der Waals surface area contributed by atoms with Crippen molar-refractivity contribution in [2.75, 3.05) is 46.1 Å². The molecule has 1 saturated heterocycles. The van der Waals surface area contributed by atoms with E-state index in [2.05, 4.69) is 30.8 Å². The summed E-state index contributed by atoms with van der Waals surface area (Å²) in [7, 11) is 0. The van der Waals surface area contributed by atoms with Crippen LogP contribution in [0.5, 0.6) is 0 Å². The van der Waals surface area contributed by atoms with Crippen molar-refractivity contribution in [2.24, 2.45) is 10.9 Å². The van der Waals surface area contributed by atoms with Crippen LogP contribution in [0.25, 0.3) is 11.6 Å². The minimum Gasteiger partial charge on any atom is -0.381 e. The van der Waals surface area contributed by atoms with Gasteiger partial charge >= 0.3 is 0 Å². The van der Waals surface area contributed by atoms with Crippen LogP contribution in [-0.2, 0) is 15.9 Å². The molecule has 3 rings (SSSR count). The smallest absolute Gasteiger partial charge is 0.276 e. The lowest BCUT2D eigenvalue weighted by molar-refractivity contribution is 0.0893. The summed E-state index contributed by atoms with van der Waals surface area (Å²) in [4.78, 5) is 13.2. The molecular formula is C20H30N6O3. The van der Waals surface area contributed by atoms with Crippen LogP contribution in [0.2, 0.25) is 0 Å². The molecule has 1 aliphatic heterocycles. The van der Waals surface area contributed by atoms with Gasteiger partial charge in [0, 0.05) is 51.4 Å². The molecule has 1 atom stereocenters. The van der Waals surface area contributed by atoms with Crippen LogP contribution in [0, 0.1) is 5.92 Å². The molecule has 158 valence electrons. The zero-order valence-corrected chi connectivity index (χ0v) is 17.0. The summed E-state index contributed by atoms with van der Waals surface area (Å²) in [5, 5.41) is 10.6. The van der Waals surface area contributed by atoms with Crippen LogP contribution in [0.4, 0.5) is 0 Å². The number of nitrogens with one attached hydrogen (secondary N) is 2. The summed E-state index contributed by atoms with van der Waals surface area (Å²) in [5.74, 6) is 2.41. The summed E-state index contributed by atoms with van der Waals surface area (Å²) in [6.07, 6.45) is 4.33. The van der Waals surface area contributed by atoms with Crippen LogP contribution < -0.4 is 10.6 Å². The van der Waals surface area contributed by atoms with Gasteiger partial charge in [0.2, 0.25) is 0 Å². The number of pyridine rings is 1. The molecule has 0 saturated carbocycles. The lowest BCUT2D eigenvalue weighted by atomic mass is 10.1. The van der Waals surface area contributed by atoms with Gasteiger partial charge in [0.15, 0.2) is 11.8 Å². The summed E-state index contributed by atoms with van der Waals surface area (Å²) in [6.45, 7) is 7.42. The Bertz CT molecular complexity index is 731. The second-order valence-corrected chi connectivity index (χ2v) is 6.83. The second kappa shape index (κ2) is 12.1. The summed E-state index contributed by atoms with van der Waals surface area (Å²) < 4.78 is 16.3. The molecule has 0 radical (unpaired) electrons. The predicted molar refractivity (Wildman–Crippen MR) is 110 cm³/mol. The topological polar surface area (TPSA) is 107 Å². The Morgan fingerprint density at radius 1 is 1.34 bits per heavy atom. The predicted octanol–water partition coefficient (Wildman–Crippen LogP) is 1.67. The SMILES string of the molecule is CCNC(=NCCCOCC1CCOC1)NCCc1noc(-c2ccccn2)n1. The minimum atomic E-state index is 0.436. The van der Waals surface area contributed by atoms with E-state index in [0.717, 1.165) is 51.8 Å². The van der Waals surface area contributed by atoms with Crippen molar-refractivity contribution in [1.29, 1.82) is 0 Å². The van der Waals surface area contributed by atoms with Gasteiger partial charge in [-0.2, -0.15) is 4.98 Å². The van der Waals surface area contributed by atoms with Gasteiger partial charge in [-0.25, -0.2) is 0 Å². The van der Waals surface area contributed by atoms with E-state index in [1.807, 2.05) is 25.1 Å². The van der Waals surface area contributed by atoms with Crippen molar-refractivity contribution in [3.05, 3.63) is 30.2 Å². The highest BCUT2D eigenvalue weighted by atomic mass is 16.5. The monoisotopic (exact) mass is 402 g/mol. The van der Waals surface area contributed by atoms with Gasteiger partial charge in [-0.3, -0.25) is 9.98 Å². The van der Waals surface area contributed by atoms with E-state index in [9.17, 15) is 0 Å². The Labute approximate surface area is 171 Å². The number of guanidine groups is 1. The van der Waals surface area contributed by atoms with Crippen molar-refractivity contribution in [3.8, 4) is 11.6 Å². The molecule has 2 aromatic heterocycles. The fourth-order valence-corrected chi connectivity index (χ4v) is 2.91. The number of ether oxygens (including phenoxy) is 2. The van der Waals surface area contributed by atoms with Crippen molar-refractivity contribution < 1.29 is 14.0 Å². The first-order valence-electron chi connectivity index (χ1n) is 10.3. The van der Waals surface area contributed by atoms with Gasteiger partial charge in [0.05, 0.1) is 13.2 Å². The molecule has 29 heavy (non-hydrogen) atoms. The molecule has 0 spiro atoms. The zero-order valence-electron chi connectivity index (χ0n) is 17.0. The van der Waals surface area contributed by atoms with Crippen molar-refractivity contribution in [3.63, 3.8) is 0 Å². The van der Waals surface area contributed by atoms with Gasteiger partial charge in [0.1, 0.15) is 5.69 Å².